The SMILES string of the molecule is C=C\C=C1\[O][Ga][O]/C(C=C)=C(/C=C\C)\C=N/C(/C=C\C)=C(/C=C\C)\N=C\C1=C\C. The van der Waals surface area contributed by atoms with E-state index in [1.54, 1.807) is 24.6 Å². The van der Waals surface area contributed by atoms with Crippen molar-refractivity contribution in [2.75, 3.05) is 0 Å². The molecule has 1 heterocycles. The number of hydrogen-bond donors (Lipinski definition) is 0. The zero-order valence-corrected chi connectivity index (χ0v) is 20.1. The molecule has 0 N–H and O–H groups in total. The van der Waals surface area contributed by atoms with Gasteiger partial charge < -0.3 is 0 Å². The summed E-state index contributed by atoms with van der Waals surface area (Å²) in [6.07, 6.45) is 22.2. The van der Waals surface area contributed by atoms with Gasteiger partial charge in [-0.05, 0) is 0 Å². The molecule has 0 atom stereocenters. The van der Waals surface area contributed by atoms with Crippen molar-refractivity contribution < 1.29 is 7.06 Å². The number of nitrogens with zero attached hydrogens (tertiary/aromatic N) is 2. The fourth-order valence-electron chi connectivity index (χ4n) is 2.30. The predicted molar refractivity (Wildman–Crippen MR) is 126 cm³/mol. The van der Waals surface area contributed by atoms with Gasteiger partial charge in [0.15, 0.2) is 0 Å². The summed E-state index contributed by atoms with van der Waals surface area (Å²) in [4.78, 5) is 9.35. The van der Waals surface area contributed by atoms with Crippen LogP contribution in [-0.4, -0.2) is 30.6 Å². The first kappa shape index (κ1) is 24.3. The van der Waals surface area contributed by atoms with Crippen LogP contribution in [0.1, 0.15) is 27.7 Å². The van der Waals surface area contributed by atoms with Crippen LogP contribution in [0.3, 0.4) is 0 Å². The van der Waals surface area contributed by atoms with Gasteiger partial charge in [-0.25, -0.2) is 0 Å². The third-order valence-electron chi connectivity index (χ3n) is 3.63. The topological polar surface area (TPSA) is 43.2 Å². The van der Waals surface area contributed by atoms with Gasteiger partial charge in [-0.2, -0.15) is 0 Å². The Hall–Kier alpha value is -2.76. The van der Waals surface area contributed by atoms with Crippen LogP contribution in [-0.2, 0) is 7.06 Å². The van der Waals surface area contributed by atoms with Crippen molar-refractivity contribution >= 4 is 30.6 Å². The molecule has 1 radical (unpaired) electrons. The van der Waals surface area contributed by atoms with Gasteiger partial charge in [0.1, 0.15) is 0 Å². The Balaban J connectivity index is 3.75. The van der Waals surface area contributed by atoms with Crippen molar-refractivity contribution in [3.8, 4) is 0 Å². The monoisotopic (exact) mass is 445 g/mol. The molecule has 0 unspecified atom stereocenters. The molecule has 149 valence electrons. The first-order valence-electron chi connectivity index (χ1n) is 9.36. The molecule has 0 bridgehead atoms. The van der Waals surface area contributed by atoms with E-state index in [9.17, 15) is 0 Å². The number of aliphatic imine (C=N–C) groups is 2. The molecule has 1 aliphatic heterocycles. The Bertz CT molecular complexity index is 863. The molecule has 0 saturated heterocycles. The Labute approximate surface area is 183 Å². The normalized spacial score (nSPS) is 26.5. The molecular weight excluding hydrogens is 418 g/mol. The fraction of sp³-hybridized carbons (Fsp3) is 0.167. The second kappa shape index (κ2) is 14.3. The predicted octanol–water partition coefficient (Wildman–Crippen LogP) is 6.11. The van der Waals surface area contributed by atoms with Crippen molar-refractivity contribution in [2.24, 2.45) is 9.98 Å². The molecule has 29 heavy (non-hydrogen) atoms. The minimum absolute atomic E-state index is 0.638. The third-order valence-corrected chi connectivity index (χ3v) is 5.10. The summed E-state index contributed by atoms with van der Waals surface area (Å²) < 4.78 is 12.0. The number of hydrogen-bond acceptors (Lipinski definition) is 4. The zero-order chi connectivity index (χ0) is 21.5. The fourth-order valence-corrected chi connectivity index (χ4v) is 3.78. The van der Waals surface area contributed by atoms with Gasteiger partial charge in [-0.15, -0.1) is 0 Å². The molecule has 0 aromatic heterocycles. The van der Waals surface area contributed by atoms with Gasteiger partial charge in [0, 0.05) is 0 Å². The van der Waals surface area contributed by atoms with E-state index in [1.807, 2.05) is 76.3 Å². The van der Waals surface area contributed by atoms with Crippen molar-refractivity contribution in [2.45, 2.75) is 27.7 Å². The number of rotatable bonds is 5. The van der Waals surface area contributed by atoms with E-state index in [1.165, 1.54) is 0 Å². The van der Waals surface area contributed by atoms with Crippen molar-refractivity contribution in [1.29, 1.82) is 0 Å². The third kappa shape index (κ3) is 8.01. The molecule has 0 amide bonds. The van der Waals surface area contributed by atoms with E-state index < -0.39 is 18.1 Å². The van der Waals surface area contributed by atoms with Gasteiger partial charge in [-0.1, -0.05) is 0 Å². The standard InChI is InChI=1S/C24H30N2O2.Ga/c1-7-13-20(23(27)12-6)18-26-22(15-9-3)21(14-8-2)25-17-19(11-5)24(28)16-10-4;/h7-18,27-28H,4,6H2,1-3,5H3;/q;+2/p-2/b13-7-,14-8-,15-9-,19-11-,22-21-,23-20-,24-16+,25-17+,26-18-;. The van der Waals surface area contributed by atoms with Gasteiger partial charge in [0.05, 0.1) is 0 Å². The first-order valence-corrected chi connectivity index (χ1v) is 11.3. The second-order valence-corrected chi connectivity index (χ2v) is 7.05. The Morgan fingerprint density at radius 1 is 0.862 bits per heavy atom. The van der Waals surface area contributed by atoms with E-state index in [0.717, 1.165) is 22.5 Å². The number of allylic oxidation sites excluding steroid dienone is 12. The maximum absolute atomic E-state index is 5.99. The Morgan fingerprint density at radius 2 is 1.48 bits per heavy atom. The minimum atomic E-state index is -1.54. The summed E-state index contributed by atoms with van der Waals surface area (Å²) in [6.45, 7) is 15.4. The summed E-state index contributed by atoms with van der Waals surface area (Å²) in [7, 11) is 0. The molecular formula is C24H28GaN2O2. The molecule has 4 nitrogen and oxygen atoms in total. The molecule has 5 heteroatoms. The van der Waals surface area contributed by atoms with E-state index in [0.29, 0.717) is 11.5 Å². The van der Waals surface area contributed by atoms with Crippen LogP contribution in [0, 0.1) is 0 Å². The second-order valence-electron chi connectivity index (χ2n) is 5.65. The molecule has 0 aromatic carbocycles. The van der Waals surface area contributed by atoms with Crippen LogP contribution in [0.15, 0.2) is 118 Å². The molecule has 0 aromatic rings. The summed E-state index contributed by atoms with van der Waals surface area (Å²) >= 11 is -1.54. The average molecular weight is 446 g/mol. The molecule has 0 fully saturated rings. The Morgan fingerprint density at radius 3 is 2.00 bits per heavy atom. The van der Waals surface area contributed by atoms with Crippen LogP contribution in [0.5, 0.6) is 0 Å². The van der Waals surface area contributed by atoms with Crippen molar-refractivity contribution in [3.63, 3.8) is 0 Å². The van der Waals surface area contributed by atoms with E-state index in [2.05, 4.69) is 23.1 Å². The average Bonchev–Trinajstić information content (AvgIpc) is 2.73. The van der Waals surface area contributed by atoms with Crippen LogP contribution in [0.2, 0.25) is 0 Å². The van der Waals surface area contributed by atoms with Gasteiger partial charge in [0.2, 0.25) is 0 Å². The molecule has 0 aliphatic carbocycles. The summed E-state index contributed by atoms with van der Waals surface area (Å²) in [5.41, 5.74) is 3.12. The molecule has 0 saturated carbocycles. The van der Waals surface area contributed by atoms with Crippen LogP contribution in [0.4, 0.5) is 0 Å². The summed E-state index contributed by atoms with van der Waals surface area (Å²) in [5.74, 6) is 1.31. The maximum atomic E-state index is 5.99. The molecule has 0 spiro atoms. The zero-order valence-electron chi connectivity index (χ0n) is 17.6. The quantitative estimate of drug-likeness (QED) is 0.479. The van der Waals surface area contributed by atoms with Gasteiger partial charge in [-0.3, -0.25) is 0 Å². The van der Waals surface area contributed by atoms with Crippen molar-refractivity contribution in [1.82, 2.24) is 0 Å². The van der Waals surface area contributed by atoms with E-state index in [4.69, 9.17) is 7.06 Å². The summed E-state index contributed by atoms with van der Waals surface area (Å²) in [5, 5.41) is 0. The van der Waals surface area contributed by atoms with E-state index in [-0.39, 0.29) is 0 Å². The first-order chi connectivity index (χ1) is 14.1. The van der Waals surface area contributed by atoms with Crippen LogP contribution >= 0.6 is 0 Å². The van der Waals surface area contributed by atoms with Gasteiger partial charge in [0.25, 0.3) is 0 Å². The molecule has 1 rings (SSSR count). The van der Waals surface area contributed by atoms with Crippen molar-refractivity contribution in [3.05, 3.63) is 108 Å². The summed E-state index contributed by atoms with van der Waals surface area (Å²) in [6, 6.07) is 0. The molecule has 1 aliphatic rings. The van der Waals surface area contributed by atoms with E-state index >= 15 is 0 Å². The van der Waals surface area contributed by atoms with Crippen LogP contribution in [0.25, 0.3) is 0 Å². The van der Waals surface area contributed by atoms with Gasteiger partial charge >= 0.3 is 183 Å². The van der Waals surface area contributed by atoms with Crippen LogP contribution < -0.4 is 0 Å². The Kier molecular flexibility index (Phi) is 11.9.